The third-order valence-electron chi connectivity index (χ3n) is 2.35. The van der Waals surface area contributed by atoms with Crippen LogP contribution in [0.15, 0.2) is 22.6 Å². The number of rotatable bonds is 3. The maximum atomic E-state index is 11.3. The summed E-state index contributed by atoms with van der Waals surface area (Å²) < 4.78 is 5.45. The van der Waals surface area contributed by atoms with Crippen LogP contribution in [0.5, 0.6) is 0 Å². The van der Waals surface area contributed by atoms with Crippen molar-refractivity contribution in [2.45, 2.75) is 19.8 Å². The smallest absolute Gasteiger partial charge is 0.377 e. The zero-order valence-corrected chi connectivity index (χ0v) is 9.43. The van der Waals surface area contributed by atoms with Crippen LogP contribution in [0, 0.1) is 0 Å². The molecule has 0 saturated heterocycles. The van der Waals surface area contributed by atoms with Gasteiger partial charge in [0, 0.05) is 11.5 Å². The molecule has 88 valence electrons. The summed E-state index contributed by atoms with van der Waals surface area (Å²) in [6.45, 7) is 3.88. The fraction of sp³-hybridized carbons (Fsp3) is 0.250. The van der Waals surface area contributed by atoms with Gasteiger partial charge in [-0.1, -0.05) is 13.8 Å². The van der Waals surface area contributed by atoms with Crippen molar-refractivity contribution in [3.8, 4) is 0 Å². The Morgan fingerprint density at radius 2 is 2.06 bits per heavy atom. The van der Waals surface area contributed by atoms with Gasteiger partial charge in [-0.3, -0.25) is 4.79 Å². The predicted octanol–water partition coefficient (Wildman–Crippen LogP) is 2.22. The van der Waals surface area contributed by atoms with E-state index in [4.69, 9.17) is 9.52 Å². The summed E-state index contributed by atoms with van der Waals surface area (Å²) >= 11 is 0. The number of carboxylic acid groups (broad SMARTS) is 1. The lowest BCUT2D eigenvalue weighted by atomic mass is 10.1. The molecule has 1 aromatic carbocycles. The molecule has 17 heavy (non-hydrogen) atoms. The van der Waals surface area contributed by atoms with Crippen molar-refractivity contribution in [3.63, 3.8) is 0 Å². The summed E-state index contributed by atoms with van der Waals surface area (Å²) in [5, 5.41) is 8.61. The van der Waals surface area contributed by atoms with Crippen molar-refractivity contribution < 1.29 is 19.1 Å². The van der Waals surface area contributed by atoms with Crippen molar-refractivity contribution >= 4 is 22.9 Å². The van der Waals surface area contributed by atoms with E-state index in [0.29, 0.717) is 17.0 Å². The lowest BCUT2D eigenvalue weighted by Crippen LogP contribution is -2.12. The molecule has 2 rings (SSSR count). The second kappa shape index (κ2) is 4.01. The Labute approximate surface area is 97.1 Å². The van der Waals surface area contributed by atoms with Gasteiger partial charge in [0.1, 0.15) is 5.52 Å². The average molecular weight is 233 g/mol. The number of carboxylic acids is 1. The monoisotopic (exact) mass is 233 g/mol. The molecule has 5 nitrogen and oxygen atoms in total. The summed E-state index contributed by atoms with van der Waals surface area (Å²) in [6.07, 6.45) is 0. The molecule has 0 atom stereocenters. The van der Waals surface area contributed by atoms with E-state index in [0.717, 1.165) is 0 Å². The summed E-state index contributed by atoms with van der Waals surface area (Å²) in [4.78, 5) is 26.0. The Balaban J connectivity index is 2.50. The number of hydrogen-bond donors (Lipinski definition) is 1. The third kappa shape index (κ3) is 2.04. The van der Waals surface area contributed by atoms with Gasteiger partial charge in [0.05, 0.1) is 0 Å². The van der Waals surface area contributed by atoms with Gasteiger partial charge in [0.25, 0.3) is 5.78 Å². The van der Waals surface area contributed by atoms with E-state index in [9.17, 15) is 9.59 Å². The van der Waals surface area contributed by atoms with Crippen LogP contribution in [-0.4, -0.2) is 21.8 Å². The van der Waals surface area contributed by atoms with E-state index >= 15 is 0 Å². The highest BCUT2D eigenvalue weighted by atomic mass is 16.4. The Morgan fingerprint density at radius 1 is 1.35 bits per heavy atom. The molecule has 0 spiro atoms. The van der Waals surface area contributed by atoms with E-state index in [-0.39, 0.29) is 11.5 Å². The molecule has 0 aliphatic rings. The quantitative estimate of drug-likeness (QED) is 0.649. The van der Waals surface area contributed by atoms with Crippen LogP contribution < -0.4 is 0 Å². The Morgan fingerprint density at radius 3 is 2.65 bits per heavy atom. The number of carbonyl (C=O) groups is 2. The maximum absolute atomic E-state index is 11.3. The molecule has 0 unspecified atom stereocenters. The van der Waals surface area contributed by atoms with Gasteiger partial charge in [-0.15, -0.1) is 0 Å². The normalized spacial score (nSPS) is 11.0. The first-order valence-electron chi connectivity index (χ1n) is 5.17. The molecule has 0 fully saturated rings. The van der Waals surface area contributed by atoms with Crippen LogP contribution >= 0.6 is 0 Å². The van der Waals surface area contributed by atoms with Crippen LogP contribution in [0.4, 0.5) is 0 Å². The van der Waals surface area contributed by atoms with E-state index in [1.807, 2.05) is 13.8 Å². The van der Waals surface area contributed by atoms with Gasteiger partial charge in [0.15, 0.2) is 11.5 Å². The van der Waals surface area contributed by atoms with Crippen molar-refractivity contribution in [2.75, 3.05) is 0 Å². The zero-order valence-electron chi connectivity index (χ0n) is 9.43. The minimum absolute atomic E-state index is 0.105. The summed E-state index contributed by atoms with van der Waals surface area (Å²) in [5.41, 5.74) is 1.16. The highest BCUT2D eigenvalue weighted by molar-refractivity contribution is 6.40. The molecular weight excluding hydrogens is 222 g/mol. The Kier molecular flexibility index (Phi) is 2.67. The van der Waals surface area contributed by atoms with Gasteiger partial charge in [0.2, 0.25) is 0 Å². The number of hydrogen-bond acceptors (Lipinski definition) is 4. The SMILES string of the molecule is CC(C)c1nc2cc(C(=O)C(=O)O)ccc2o1. The predicted molar refractivity (Wildman–Crippen MR) is 60.1 cm³/mol. The molecule has 0 aliphatic carbocycles. The number of nitrogens with zero attached hydrogens (tertiary/aromatic N) is 1. The van der Waals surface area contributed by atoms with E-state index in [1.54, 1.807) is 6.07 Å². The molecule has 1 N–H and O–H groups in total. The van der Waals surface area contributed by atoms with Crippen LogP contribution in [0.1, 0.15) is 36.0 Å². The number of oxazole rings is 1. The number of aromatic nitrogens is 1. The highest BCUT2D eigenvalue weighted by Crippen LogP contribution is 2.22. The number of fused-ring (bicyclic) bond motifs is 1. The molecular formula is C12H11NO4. The van der Waals surface area contributed by atoms with Gasteiger partial charge >= 0.3 is 5.97 Å². The average Bonchev–Trinajstić information content (AvgIpc) is 2.70. The third-order valence-corrected chi connectivity index (χ3v) is 2.35. The van der Waals surface area contributed by atoms with Crippen LogP contribution in [0.25, 0.3) is 11.1 Å². The van der Waals surface area contributed by atoms with Crippen molar-refractivity contribution in [3.05, 3.63) is 29.7 Å². The van der Waals surface area contributed by atoms with Gasteiger partial charge in [-0.05, 0) is 18.2 Å². The molecule has 0 aliphatic heterocycles. The second-order valence-electron chi connectivity index (χ2n) is 4.02. The number of Topliss-reactive ketones (excluding diaryl/α,β-unsaturated/α-hetero) is 1. The zero-order chi connectivity index (χ0) is 12.6. The molecule has 0 amide bonds. The fourth-order valence-corrected chi connectivity index (χ4v) is 1.46. The van der Waals surface area contributed by atoms with Crippen molar-refractivity contribution in [2.24, 2.45) is 0 Å². The Hall–Kier alpha value is -2.17. The first-order chi connectivity index (χ1) is 7.99. The van der Waals surface area contributed by atoms with Crippen molar-refractivity contribution in [1.29, 1.82) is 0 Å². The first kappa shape index (κ1) is 11.3. The van der Waals surface area contributed by atoms with Crippen LogP contribution in [0.3, 0.4) is 0 Å². The molecule has 1 heterocycles. The summed E-state index contributed by atoms with van der Waals surface area (Å²) in [6, 6.07) is 4.42. The topological polar surface area (TPSA) is 80.4 Å². The summed E-state index contributed by atoms with van der Waals surface area (Å²) in [7, 11) is 0. The molecule has 1 aromatic heterocycles. The van der Waals surface area contributed by atoms with E-state index < -0.39 is 11.8 Å². The second-order valence-corrected chi connectivity index (χ2v) is 4.02. The van der Waals surface area contributed by atoms with Crippen LogP contribution in [0.2, 0.25) is 0 Å². The number of benzene rings is 1. The number of ketones is 1. The highest BCUT2D eigenvalue weighted by Gasteiger charge is 2.16. The molecule has 0 bridgehead atoms. The standard InChI is InChI=1S/C12H11NO4/c1-6(2)11-13-8-5-7(10(14)12(15)16)3-4-9(8)17-11/h3-6H,1-2H3,(H,15,16). The van der Waals surface area contributed by atoms with Gasteiger partial charge < -0.3 is 9.52 Å². The van der Waals surface area contributed by atoms with Gasteiger partial charge in [-0.2, -0.15) is 0 Å². The minimum atomic E-state index is -1.48. The van der Waals surface area contributed by atoms with Crippen molar-refractivity contribution in [1.82, 2.24) is 4.98 Å². The number of aliphatic carboxylic acids is 1. The van der Waals surface area contributed by atoms with E-state index in [2.05, 4.69) is 4.98 Å². The molecule has 2 aromatic rings. The van der Waals surface area contributed by atoms with Crippen LogP contribution in [-0.2, 0) is 4.79 Å². The maximum Gasteiger partial charge on any atom is 0.377 e. The molecule has 0 saturated carbocycles. The number of carbonyl (C=O) groups excluding carboxylic acids is 1. The first-order valence-corrected chi connectivity index (χ1v) is 5.17. The van der Waals surface area contributed by atoms with E-state index in [1.165, 1.54) is 12.1 Å². The minimum Gasteiger partial charge on any atom is -0.475 e. The lowest BCUT2D eigenvalue weighted by Gasteiger charge is -1.94. The summed E-state index contributed by atoms with van der Waals surface area (Å²) in [5.74, 6) is -1.71. The Bertz CT molecular complexity index is 598. The molecule has 5 heteroatoms. The van der Waals surface area contributed by atoms with Gasteiger partial charge in [-0.25, -0.2) is 9.78 Å². The largest absolute Gasteiger partial charge is 0.475 e. The lowest BCUT2D eigenvalue weighted by molar-refractivity contribution is -0.131. The molecule has 0 radical (unpaired) electrons. The fourth-order valence-electron chi connectivity index (χ4n) is 1.46.